The molecule has 2 rings (SSSR count). The van der Waals surface area contributed by atoms with Crippen LogP contribution in [0.1, 0.15) is 11.3 Å². The summed E-state index contributed by atoms with van der Waals surface area (Å²) >= 11 is 1.85. The van der Waals surface area contributed by atoms with Crippen LogP contribution in [0.25, 0.3) is 0 Å². The number of hydrogen-bond acceptors (Lipinski definition) is 4. The fourth-order valence-electron chi connectivity index (χ4n) is 1.69. The van der Waals surface area contributed by atoms with Gasteiger partial charge in [-0.3, -0.25) is 0 Å². The summed E-state index contributed by atoms with van der Waals surface area (Å²) in [6.45, 7) is 0.990. The van der Waals surface area contributed by atoms with E-state index < -0.39 is 0 Å². The van der Waals surface area contributed by atoms with E-state index in [1.165, 1.54) is 16.9 Å². The molecule has 0 aliphatic heterocycles. The number of nitrogens with zero attached hydrogens (tertiary/aromatic N) is 2. The number of hydrogen-bond donors (Lipinski definition) is 0. The van der Waals surface area contributed by atoms with E-state index in [1.807, 2.05) is 11.8 Å². The highest BCUT2D eigenvalue weighted by atomic mass is 32.2. The topological polar surface area (TPSA) is 29.3 Å². The van der Waals surface area contributed by atoms with Crippen LogP contribution < -0.4 is 0 Å². The van der Waals surface area contributed by atoms with Gasteiger partial charge in [-0.2, -0.15) is 0 Å². The Morgan fingerprint density at radius 1 is 1.22 bits per heavy atom. The summed E-state index contributed by atoms with van der Waals surface area (Å²) in [6.07, 6.45) is 4.14. The van der Waals surface area contributed by atoms with Crippen molar-refractivity contribution in [2.75, 3.05) is 19.8 Å². The van der Waals surface area contributed by atoms with Crippen LogP contribution in [0.3, 0.4) is 0 Å². The zero-order valence-electron chi connectivity index (χ0n) is 10.8. The molecule has 0 fully saturated rings. The number of aryl methyl sites for hydroxylation is 1. The molecule has 3 nitrogen and oxygen atoms in total. The SMILES string of the molecule is CN(C)Cc1ccc(SCCc2cocn2)cc1. The van der Waals surface area contributed by atoms with Gasteiger partial charge in [0.2, 0.25) is 0 Å². The van der Waals surface area contributed by atoms with Gasteiger partial charge in [-0.05, 0) is 31.8 Å². The maximum atomic E-state index is 4.94. The molecule has 1 aromatic carbocycles. The lowest BCUT2D eigenvalue weighted by Gasteiger charge is -2.09. The third-order valence-corrected chi connectivity index (χ3v) is 3.55. The van der Waals surface area contributed by atoms with E-state index in [9.17, 15) is 0 Å². The molecule has 0 N–H and O–H groups in total. The molecular weight excluding hydrogens is 244 g/mol. The van der Waals surface area contributed by atoms with Crippen molar-refractivity contribution < 1.29 is 4.42 Å². The molecule has 0 atom stereocenters. The first-order valence-electron chi connectivity index (χ1n) is 5.97. The first kappa shape index (κ1) is 13.2. The molecule has 4 heteroatoms. The quantitative estimate of drug-likeness (QED) is 0.748. The average molecular weight is 262 g/mol. The van der Waals surface area contributed by atoms with Crippen molar-refractivity contribution >= 4 is 11.8 Å². The normalized spacial score (nSPS) is 11.1. The summed E-state index contributed by atoms with van der Waals surface area (Å²) in [6, 6.07) is 8.76. The largest absolute Gasteiger partial charge is 0.451 e. The van der Waals surface area contributed by atoms with E-state index in [0.29, 0.717) is 0 Å². The molecule has 0 bridgehead atoms. The second kappa shape index (κ2) is 6.61. The number of oxazole rings is 1. The summed E-state index contributed by atoms with van der Waals surface area (Å²) in [5, 5.41) is 0. The third kappa shape index (κ3) is 4.20. The molecule has 0 unspecified atom stereocenters. The van der Waals surface area contributed by atoms with Gasteiger partial charge in [0.15, 0.2) is 6.39 Å². The zero-order valence-corrected chi connectivity index (χ0v) is 11.6. The van der Waals surface area contributed by atoms with Crippen molar-refractivity contribution in [3.63, 3.8) is 0 Å². The van der Waals surface area contributed by atoms with Crippen molar-refractivity contribution in [3.05, 3.63) is 48.2 Å². The van der Waals surface area contributed by atoms with Crippen molar-refractivity contribution in [1.29, 1.82) is 0 Å². The van der Waals surface area contributed by atoms with Gasteiger partial charge >= 0.3 is 0 Å². The monoisotopic (exact) mass is 262 g/mol. The summed E-state index contributed by atoms with van der Waals surface area (Å²) < 4.78 is 4.94. The summed E-state index contributed by atoms with van der Waals surface area (Å²) in [5.74, 6) is 1.03. The maximum Gasteiger partial charge on any atom is 0.180 e. The first-order valence-corrected chi connectivity index (χ1v) is 6.96. The molecule has 1 aromatic heterocycles. The van der Waals surface area contributed by atoms with Crippen LogP contribution in [0.4, 0.5) is 0 Å². The number of thioether (sulfide) groups is 1. The Morgan fingerprint density at radius 3 is 2.61 bits per heavy atom. The lowest BCUT2D eigenvalue weighted by Crippen LogP contribution is -2.10. The standard InChI is InChI=1S/C14H18N2OS/c1-16(2)9-12-3-5-14(6-4-12)18-8-7-13-10-17-11-15-13/h3-6,10-11H,7-9H2,1-2H3. The van der Waals surface area contributed by atoms with Gasteiger partial charge in [-0.1, -0.05) is 12.1 Å². The maximum absolute atomic E-state index is 4.94. The van der Waals surface area contributed by atoms with Crippen LogP contribution in [0.15, 0.2) is 46.2 Å². The smallest absolute Gasteiger partial charge is 0.180 e. The summed E-state index contributed by atoms with van der Waals surface area (Å²) in [5.41, 5.74) is 2.37. The minimum Gasteiger partial charge on any atom is -0.451 e. The molecule has 0 saturated heterocycles. The van der Waals surface area contributed by atoms with Gasteiger partial charge in [0, 0.05) is 23.6 Å². The Balaban J connectivity index is 1.79. The molecule has 2 aromatic rings. The van der Waals surface area contributed by atoms with E-state index >= 15 is 0 Å². The second-order valence-electron chi connectivity index (χ2n) is 4.46. The molecule has 0 radical (unpaired) electrons. The van der Waals surface area contributed by atoms with Crippen molar-refractivity contribution in [2.45, 2.75) is 17.9 Å². The van der Waals surface area contributed by atoms with Crippen molar-refractivity contribution in [1.82, 2.24) is 9.88 Å². The van der Waals surface area contributed by atoms with E-state index in [0.717, 1.165) is 24.4 Å². The van der Waals surface area contributed by atoms with E-state index in [4.69, 9.17) is 4.42 Å². The minimum absolute atomic E-state index is 0.945. The molecule has 0 amide bonds. The predicted octanol–water partition coefficient (Wildman–Crippen LogP) is 3.07. The van der Waals surface area contributed by atoms with Gasteiger partial charge in [-0.15, -0.1) is 11.8 Å². The number of rotatable bonds is 6. The van der Waals surface area contributed by atoms with E-state index in [2.05, 4.69) is 48.2 Å². The van der Waals surface area contributed by atoms with E-state index in [1.54, 1.807) is 6.26 Å². The van der Waals surface area contributed by atoms with E-state index in [-0.39, 0.29) is 0 Å². The number of aromatic nitrogens is 1. The predicted molar refractivity (Wildman–Crippen MR) is 74.8 cm³/mol. The Morgan fingerprint density at radius 2 is 2.00 bits per heavy atom. The highest BCUT2D eigenvalue weighted by Gasteiger charge is 1.99. The van der Waals surface area contributed by atoms with Gasteiger partial charge < -0.3 is 9.32 Å². The Kier molecular flexibility index (Phi) is 4.84. The van der Waals surface area contributed by atoms with Gasteiger partial charge in [0.05, 0.1) is 5.69 Å². The molecule has 96 valence electrons. The fourth-order valence-corrected chi connectivity index (χ4v) is 2.57. The van der Waals surface area contributed by atoms with Crippen LogP contribution >= 0.6 is 11.8 Å². The van der Waals surface area contributed by atoms with Crippen molar-refractivity contribution in [3.8, 4) is 0 Å². The summed E-state index contributed by atoms with van der Waals surface area (Å²) in [7, 11) is 4.17. The Hall–Kier alpha value is -1.26. The van der Waals surface area contributed by atoms with Crippen LogP contribution in [0.2, 0.25) is 0 Å². The summed E-state index contributed by atoms with van der Waals surface area (Å²) in [4.78, 5) is 7.59. The second-order valence-corrected chi connectivity index (χ2v) is 5.63. The van der Waals surface area contributed by atoms with Crippen LogP contribution in [-0.2, 0) is 13.0 Å². The molecule has 18 heavy (non-hydrogen) atoms. The van der Waals surface area contributed by atoms with Crippen molar-refractivity contribution in [2.24, 2.45) is 0 Å². The molecule has 0 aliphatic carbocycles. The van der Waals surface area contributed by atoms with Crippen LogP contribution in [0, 0.1) is 0 Å². The molecular formula is C14H18N2OS. The average Bonchev–Trinajstić information content (AvgIpc) is 2.84. The van der Waals surface area contributed by atoms with Gasteiger partial charge in [0.1, 0.15) is 6.26 Å². The Bertz CT molecular complexity index is 451. The fraction of sp³-hybridized carbons (Fsp3) is 0.357. The molecule has 0 aliphatic rings. The highest BCUT2D eigenvalue weighted by Crippen LogP contribution is 2.19. The Labute approximate surface area is 112 Å². The lowest BCUT2D eigenvalue weighted by molar-refractivity contribution is 0.402. The van der Waals surface area contributed by atoms with Gasteiger partial charge in [-0.25, -0.2) is 4.98 Å². The van der Waals surface area contributed by atoms with Crippen LogP contribution in [-0.4, -0.2) is 29.7 Å². The molecule has 0 spiro atoms. The highest BCUT2D eigenvalue weighted by molar-refractivity contribution is 7.99. The number of benzene rings is 1. The van der Waals surface area contributed by atoms with Crippen LogP contribution in [0.5, 0.6) is 0 Å². The molecule has 1 heterocycles. The minimum atomic E-state index is 0.945. The van der Waals surface area contributed by atoms with Gasteiger partial charge in [0.25, 0.3) is 0 Å². The third-order valence-electron chi connectivity index (χ3n) is 2.53. The molecule has 0 saturated carbocycles. The lowest BCUT2D eigenvalue weighted by atomic mass is 10.2. The zero-order chi connectivity index (χ0) is 12.8. The first-order chi connectivity index (χ1) is 8.74.